The maximum Gasteiger partial charge on any atom is 0.251 e. The summed E-state index contributed by atoms with van der Waals surface area (Å²) >= 11 is 6.00. The molecule has 1 heterocycles. The van der Waals surface area contributed by atoms with E-state index in [4.69, 9.17) is 16.3 Å². The van der Waals surface area contributed by atoms with Crippen LogP contribution in [0.15, 0.2) is 48.5 Å². The topological polar surface area (TPSA) is 69.0 Å². The third kappa shape index (κ3) is 4.03. The predicted octanol–water partition coefficient (Wildman–Crippen LogP) is 3.12. The van der Waals surface area contributed by atoms with Crippen molar-refractivity contribution in [3.05, 3.63) is 64.9 Å². The van der Waals surface area contributed by atoms with Crippen molar-refractivity contribution in [2.24, 2.45) is 7.05 Å². The molecular weight excluding hydrogens is 352 g/mol. The molecule has 6 nitrogen and oxygen atoms in total. The lowest BCUT2D eigenvalue weighted by Gasteiger charge is -2.08. The van der Waals surface area contributed by atoms with Crippen molar-refractivity contribution in [2.75, 3.05) is 13.7 Å². The van der Waals surface area contributed by atoms with Gasteiger partial charge in [0.05, 0.1) is 7.11 Å². The maximum absolute atomic E-state index is 12.3. The second kappa shape index (κ2) is 8.01. The standard InChI is InChI=1S/C19H19ClN4O2/c1-24-17(22-23-18(24)13-6-4-3-5-7-13)8-9-21-19(25)14-10-15(20)12-16(11-14)26-2/h3-7,10-12H,8-9H2,1-2H3,(H,21,25). The lowest BCUT2D eigenvalue weighted by Crippen LogP contribution is -2.26. The van der Waals surface area contributed by atoms with Crippen molar-refractivity contribution in [3.8, 4) is 17.1 Å². The van der Waals surface area contributed by atoms with Crippen molar-refractivity contribution >= 4 is 17.5 Å². The van der Waals surface area contributed by atoms with Crippen molar-refractivity contribution in [3.63, 3.8) is 0 Å². The first-order chi connectivity index (χ1) is 12.6. The van der Waals surface area contributed by atoms with Gasteiger partial charge in [-0.2, -0.15) is 0 Å². The van der Waals surface area contributed by atoms with Gasteiger partial charge in [-0.25, -0.2) is 0 Å². The van der Waals surface area contributed by atoms with Gasteiger partial charge in [-0.3, -0.25) is 4.79 Å². The molecule has 0 aliphatic rings. The fourth-order valence-electron chi connectivity index (χ4n) is 2.62. The highest BCUT2D eigenvalue weighted by molar-refractivity contribution is 6.31. The highest BCUT2D eigenvalue weighted by Gasteiger charge is 2.12. The molecule has 7 heteroatoms. The smallest absolute Gasteiger partial charge is 0.251 e. The summed E-state index contributed by atoms with van der Waals surface area (Å²) < 4.78 is 7.07. The van der Waals surface area contributed by atoms with E-state index in [9.17, 15) is 4.79 Å². The van der Waals surface area contributed by atoms with Gasteiger partial charge in [0, 0.05) is 36.2 Å². The first-order valence-electron chi connectivity index (χ1n) is 8.15. The summed E-state index contributed by atoms with van der Waals surface area (Å²) in [5.74, 6) is 1.93. The number of nitrogens with one attached hydrogen (secondary N) is 1. The molecule has 3 rings (SSSR count). The van der Waals surface area contributed by atoms with E-state index in [-0.39, 0.29) is 5.91 Å². The zero-order valence-corrected chi connectivity index (χ0v) is 15.3. The van der Waals surface area contributed by atoms with Gasteiger partial charge in [-0.15, -0.1) is 10.2 Å². The first kappa shape index (κ1) is 17.9. The number of hydrogen-bond acceptors (Lipinski definition) is 4. The predicted molar refractivity (Wildman–Crippen MR) is 100 cm³/mol. The summed E-state index contributed by atoms with van der Waals surface area (Å²) in [6.07, 6.45) is 0.569. The molecular formula is C19H19ClN4O2. The average molecular weight is 371 g/mol. The first-order valence-corrected chi connectivity index (χ1v) is 8.52. The Kier molecular flexibility index (Phi) is 5.53. The van der Waals surface area contributed by atoms with Crippen LogP contribution in [0.3, 0.4) is 0 Å². The van der Waals surface area contributed by atoms with Gasteiger partial charge >= 0.3 is 0 Å². The zero-order chi connectivity index (χ0) is 18.5. The number of carbonyl (C=O) groups is 1. The number of nitrogens with zero attached hydrogens (tertiary/aromatic N) is 3. The van der Waals surface area contributed by atoms with E-state index in [0.717, 1.165) is 17.2 Å². The molecule has 0 bridgehead atoms. The molecule has 26 heavy (non-hydrogen) atoms. The van der Waals surface area contributed by atoms with Crippen LogP contribution >= 0.6 is 11.6 Å². The molecule has 1 amide bonds. The molecule has 0 fully saturated rings. The minimum Gasteiger partial charge on any atom is -0.497 e. The van der Waals surface area contributed by atoms with Gasteiger partial charge in [0.2, 0.25) is 0 Å². The molecule has 3 aromatic rings. The molecule has 134 valence electrons. The summed E-state index contributed by atoms with van der Waals surface area (Å²) in [5, 5.41) is 11.8. The van der Waals surface area contributed by atoms with Crippen LogP contribution in [-0.4, -0.2) is 34.3 Å². The molecule has 0 unspecified atom stereocenters. The number of ether oxygens (including phenoxy) is 1. The molecule has 2 aromatic carbocycles. The molecule has 0 aliphatic heterocycles. The number of benzene rings is 2. The fraction of sp³-hybridized carbons (Fsp3) is 0.211. The molecule has 1 aromatic heterocycles. The Bertz CT molecular complexity index is 909. The zero-order valence-electron chi connectivity index (χ0n) is 14.6. The Morgan fingerprint density at radius 2 is 1.96 bits per heavy atom. The third-order valence-electron chi connectivity index (χ3n) is 4.00. The van der Waals surface area contributed by atoms with Gasteiger partial charge in [0.15, 0.2) is 5.82 Å². The van der Waals surface area contributed by atoms with Crippen molar-refractivity contribution in [1.29, 1.82) is 0 Å². The second-order valence-electron chi connectivity index (χ2n) is 5.75. The Morgan fingerprint density at radius 3 is 2.69 bits per heavy atom. The summed E-state index contributed by atoms with van der Waals surface area (Å²) in [6, 6.07) is 14.8. The number of carbonyl (C=O) groups excluding carboxylic acids is 1. The summed E-state index contributed by atoms with van der Waals surface area (Å²) in [5.41, 5.74) is 1.46. The number of amides is 1. The highest BCUT2D eigenvalue weighted by Crippen LogP contribution is 2.20. The van der Waals surface area contributed by atoms with E-state index >= 15 is 0 Å². The van der Waals surface area contributed by atoms with E-state index < -0.39 is 0 Å². The van der Waals surface area contributed by atoms with Crippen LogP contribution in [-0.2, 0) is 13.5 Å². The molecule has 0 radical (unpaired) electrons. The van der Waals surface area contributed by atoms with Crippen LogP contribution in [0.25, 0.3) is 11.4 Å². The maximum atomic E-state index is 12.3. The lowest BCUT2D eigenvalue weighted by molar-refractivity contribution is 0.0953. The molecule has 0 saturated carbocycles. The quantitative estimate of drug-likeness (QED) is 0.723. The van der Waals surface area contributed by atoms with Gasteiger partial charge in [-0.1, -0.05) is 41.9 Å². The molecule has 0 aliphatic carbocycles. The SMILES string of the molecule is COc1cc(Cl)cc(C(=O)NCCc2nnc(-c3ccccc3)n2C)c1. The van der Waals surface area contributed by atoms with E-state index in [1.807, 2.05) is 41.9 Å². The summed E-state index contributed by atoms with van der Waals surface area (Å²) in [4.78, 5) is 12.3. The minimum absolute atomic E-state index is 0.212. The van der Waals surface area contributed by atoms with Gasteiger partial charge in [0.25, 0.3) is 5.91 Å². The summed E-state index contributed by atoms with van der Waals surface area (Å²) in [7, 11) is 3.45. The van der Waals surface area contributed by atoms with Crippen LogP contribution in [0.2, 0.25) is 5.02 Å². The van der Waals surface area contributed by atoms with Gasteiger partial charge < -0.3 is 14.6 Å². The molecule has 0 saturated heterocycles. The Morgan fingerprint density at radius 1 is 1.19 bits per heavy atom. The third-order valence-corrected chi connectivity index (χ3v) is 4.22. The van der Waals surface area contributed by atoms with Crippen molar-refractivity contribution in [2.45, 2.75) is 6.42 Å². The van der Waals surface area contributed by atoms with Crippen molar-refractivity contribution in [1.82, 2.24) is 20.1 Å². The Balaban J connectivity index is 1.63. The fourth-order valence-corrected chi connectivity index (χ4v) is 2.84. The van der Waals surface area contributed by atoms with Crippen LogP contribution in [0, 0.1) is 0 Å². The van der Waals surface area contributed by atoms with E-state index in [0.29, 0.717) is 29.3 Å². The second-order valence-corrected chi connectivity index (χ2v) is 6.19. The van der Waals surface area contributed by atoms with Gasteiger partial charge in [-0.05, 0) is 18.2 Å². The molecule has 1 N–H and O–H groups in total. The van der Waals surface area contributed by atoms with Crippen LogP contribution in [0.5, 0.6) is 5.75 Å². The van der Waals surface area contributed by atoms with E-state index in [2.05, 4.69) is 15.5 Å². The average Bonchev–Trinajstić information content (AvgIpc) is 3.02. The monoisotopic (exact) mass is 370 g/mol. The molecule has 0 atom stereocenters. The Labute approximate surface area is 156 Å². The number of rotatable bonds is 6. The lowest BCUT2D eigenvalue weighted by atomic mass is 10.2. The Hall–Kier alpha value is -2.86. The van der Waals surface area contributed by atoms with Crippen LogP contribution < -0.4 is 10.1 Å². The van der Waals surface area contributed by atoms with Crippen molar-refractivity contribution < 1.29 is 9.53 Å². The highest BCUT2D eigenvalue weighted by atomic mass is 35.5. The largest absolute Gasteiger partial charge is 0.497 e. The van der Waals surface area contributed by atoms with E-state index in [1.54, 1.807) is 18.2 Å². The number of halogens is 1. The number of methoxy groups -OCH3 is 1. The normalized spacial score (nSPS) is 10.6. The number of aromatic nitrogens is 3. The van der Waals surface area contributed by atoms with Crippen LogP contribution in [0.4, 0.5) is 0 Å². The van der Waals surface area contributed by atoms with Gasteiger partial charge in [0.1, 0.15) is 11.6 Å². The summed E-state index contributed by atoms with van der Waals surface area (Å²) in [6.45, 7) is 0.439. The van der Waals surface area contributed by atoms with E-state index in [1.165, 1.54) is 7.11 Å². The van der Waals surface area contributed by atoms with Crippen LogP contribution in [0.1, 0.15) is 16.2 Å². The molecule has 0 spiro atoms. The number of hydrogen-bond donors (Lipinski definition) is 1. The minimum atomic E-state index is -0.212.